The number of nitrogens with one attached hydrogen (secondary N) is 2. The highest BCUT2D eigenvalue weighted by Gasteiger charge is 2.25. The number of para-hydroxylation sites is 1. The van der Waals surface area contributed by atoms with Crippen LogP contribution in [0.2, 0.25) is 0 Å². The third-order valence-corrected chi connectivity index (χ3v) is 6.20. The zero-order valence-electron chi connectivity index (χ0n) is 17.8. The first-order chi connectivity index (χ1) is 15.3. The smallest absolute Gasteiger partial charge is 0.282 e. The standard InChI is InChI=1S/C25H26N4O2/c1-30-23-12-5-4-11-22(23)25-26-24(31-27-25)18-29-15-13-28(14-16-29)17-20-9-6-8-19-7-2-3-10-21(19)20/h2-12H,13-18H2,1H3/p+2. The molecule has 158 valence electrons. The molecular formula is C25H28N4O2+2. The van der Waals surface area contributed by atoms with E-state index in [-0.39, 0.29) is 0 Å². The second-order valence-electron chi connectivity index (χ2n) is 8.20. The number of benzene rings is 3. The lowest BCUT2D eigenvalue weighted by atomic mass is 10.0. The molecule has 0 unspecified atom stereocenters. The van der Waals surface area contributed by atoms with Gasteiger partial charge in [0, 0.05) is 5.56 Å². The molecule has 2 N–H and O–H groups in total. The Morgan fingerprint density at radius 2 is 1.55 bits per heavy atom. The predicted molar refractivity (Wildman–Crippen MR) is 119 cm³/mol. The molecule has 0 radical (unpaired) electrons. The van der Waals surface area contributed by atoms with Gasteiger partial charge in [0.2, 0.25) is 5.82 Å². The maximum Gasteiger partial charge on any atom is 0.282 e. The van der Waals surface area contributed by atoms with Crippen molar-refractivity contribution in [1.29, 1.82) is 0 Å². The van der Waals surface area contributed by atoms with Gasteiger partial charge >= 0.3 is 0 Å². The molecule has 0 aliphatic carbocycles. The average molecular weight is 417 g/mol. The Kier molecular flexibility index (Phi) is 5.65. The summed E-state index contributed by atoms with van der Waals surface area (Å²) in [6.45, 7) is 6.34. The maximum atomic E-state index is 5.55. The Morgan fingerprint density at radius 1 is 0.839 bits per heavy atom. The van der Waals surface area contributed by atoms with E-state index in [4.69, 9.17) is 9.26 Å². The lowest BCUT2D eigenvalue weighted by molar-refractivity contribution is -1.02. The largest absolute Gasteiger partial charge is 0.496 e. The van der Waals surface area contributed by atoms with E-state index in [0.717, 1.165) is 50.6 Å². The number of hydrogen-bond acceptors (Lipinski definition) is 4. The molecule has 3 aromatic carbocycles. The van der Waals surface area contributed by atoms with E-state index >= 15 is 0 Å². The van der Waals surface area contributed by atoms with Crippen LogP contribution in [0.25, 0.3) is 22.2 Å². The summed E-state index contributed by atoms with van der Waals surface area (Å²) in [5.41, 5.74) is 2.30. The van der Waals surface area contributed by atoms with Gasteiger partial charge in [-0.1, -0.05) is 59.8 Å². The van der Waals surface area contributed by atoms with E-state index in [0.29, 0.717) is 11.7 Å². The Labute approximate surface area is 182 Å². The van der Waals surface area contributed by atoms with Crippen LogP contribution >= 0.6 is 0 Å². The molecule has 4 aromatic rings. The summed E-state index contributed by atoms with van der Waals surface area (Å²) in [6.07, 6.45) is 0. The molecular weight excluding hydrogens is 388 g/mol. The van der Waals surface area contributed by atoms with Crippen LogP contribution in [-0.2, 0) is 13.1 Å². The van der Waals surface area contributed by atoms with Gasteiger partial charge in [-0.15, -0.1) is 0 Å². The normalized spacial score (nSPS) is 18.9. The fourth-order valence-electron chi connectivity index (χ4n) is 4.51. The minimum absolute atomic E-state index is 0.590. The van der Waals surface area contributed by atoms with Crippen LogP contribution in [0.1, 0.15) is 11.5 Å². The van der Waals surface area contributed by atoms with E-state index in [1.165, 1.54) is 21.2 Å². The number of methoxy groups -OCH3 is 1. The van der Waals surface area contributed by atoms with Gasteiger partial charge in [0.1, 0.15) is 38.5 Å². The molecule has 6 nitrogen and oxygen atoms in total. The van der Waals surface area contributed by atoms with Crippen LogP contribution in [0.4, 0.5) is 0 Å². The summed E-state index contributed by atoms with van der Waals surface area (Å²) in [7, 11) is 1.66. The van der Waals surface area contributed by atoms with Crippen LogP contribution in [0.15, 0.2) is 71.3 Å². The summed E-state index contributed by atoms with van der Waals surface area (Å²) in [4.78, 5) is 7.76. The molecule has 6 heteroatoms. The fraction of sp³-hybridized carbons (Fsp3) is 0.280. The Bertz CT molecular complexity index is 1160. The number of piperazine rings is 1. The van der Waals surface area contributed by atoms with Crippen LogP contribution in [-0.4, -0.2) is 43.4 Å². The first-order valence-corrected chi connectivity index (χ1v) is 10.9. The van der Waals surface area contributed by atoms with E-state index in [1.54, 1.807) is 12.0 Å². The molecule has 1 aromatic heterocycles. The molecule has 1 aliphatic heterocycles. The SMILES string of the molecule is COc1ccccc1-c1noc(C[NH+]2CC[NH+](Cc3cccc4ccccc34)CC2)n1. The predicted octanol–water partition coefficient (Wildman–Crippen LogP) is 1.38. The second kappa shape index (κ2) is 8.88. The molecule has 1 aliphatic rings. The van der Waals surface area contributed by atoms with Crippen molar-refractivity contribution >= 4 is 10.8 Å². The summed E-state index contributed by atoms with van der Waals surface area (Å²) >= 11 is 0. The van der Waals surface area contributed by atoms with Crippen LogP contribution in [0, 0.1) is 0 Å². The molecule has 5 rings (SSSR count). The number of nitrogens with zero attached hydrogens (tertiary/aromatic N) is 2. The highest BCUT2D eigenvalue weighted by Crippen LogP contribution is 2.26. The van der Waals surface area contributed by atoms with Crippen LogP contribution < -0.4 is 14.5 Å². The molecule has 2 heterocycles. The molecule has 0 saturated carbocycles. The number of ether oxygens (including phenoxy) is 1. The molecule has 31 heavy (non-hydrogen) atoms. The van der Waals surface area contributed by atoms with E-state index in [2.05, 4.69) is 52.6 Å². The molecule has 0 bridgehead atoms. The first-order valence-electron chi connectivity index (χ1n) is 10.9. The van der Waals surface area contributed by atoms with E-state index in [1.807, 2.05) is 24.3 Å². The van der Waals surface area contributed by atoms with Crippen molar-refractivity contribution in [2.24, 2.45) is 0 Å². The quantitative estimate of drug-likeness (QED) is 0.499. The van der Waals surface area contributed by atoms with Crippen molar-refractivity contribution in [3.8, 4) is 17.1 Å². The lowest BCUT2D eigenvalue weighted by Crippen LogP contribution is -3.27. The zero-order valence-corrected chi connectivity index (χ0v) is 17.8. The number of quaternary nitrogens is 2. The summed E-state index contributed by atoms with van der Waals surface area (Å²) in [5, 5.41) is 6.88. The van der Waals surface area contributed by atoms with Gasteiger partial charge < -0.3 is 19.1 Å². The van der Waals surface area contributed by atoms with Gasteiger partial charge in [-0.2, -0.15) is 4.98 Å². The van der Waals surface area contributed by atoms with Crippen molar-refractivity contribution in [3.05, 3.63) is 78.2 Å². The monoisotopic (exact) mass is 416 g/mol. The van der Waals surface area contributed by atoms with Crippen molar-refractivity contribution < 1.29 is 19.1 Å². The summed E-state index contributed by atoms with van der Waals surface area (Å²) in [6, 6.07) is 23.1. The summed E-state index contributed by atoms with van der Waals surface area (Å²) in [5.74, 6) is 2.04. The number of rotatable bonds is 6. The van der Waals surface area contributed by atoms with Crippen LogP contribution in [0.3, 0.4) is 0 Å². The molecule has 1 fully saturated rings. The average Bonchev–Trinajstić information content (AvgIpc) is 3.29. The Hall–Kier alpha value is -3.22. The first kappa shape index (κ1) is 19.7. The van der Waals surface area contributed by atoms with Gasteiger partial charge in [0.15, 0.2) is 6.54 Å². The molecule has 1 saturated heterocycles. The highest BCUT2D eigenvalue weighted by atomic mass is 16.5. The van der Waals surface area contributed by atoms with Gasteiger partial charge in [-0.3, -0.25) is 0 Å². The Balaban J connectivity index is 1.19. The van der Waals surface area contributed by atoms with Gasteiger partial charge in [-0.25, -0.2) is 0 Å². The topological polar surface area (TPSA) is 57.0 Å². The molecule has 0 amide bonds. The number of fused-ring (bicyclic) bond motifs is 1. The van der Waals surface area contributed by atoms with Crippen molar-refractivity contribution in [3.63, 3.8) is 0 Å². The summed E-state index contributed by atoms with van der Waals surface area (Å²) < 4.78 is 11.0. The van der Waals surface area contributed by atoms with Crippen molar-refractivity contribution in [1.82, 2.24) is 10.1 Å². The van der Waals surface area contributed by atoms with E-state index < -0.39 is 0 Å². The molecule has 0 spiro atoms. The molecule has 0 atom stereocenters. The number of hydrogen-bond donors (Lipinski definition) is 2. The highest BCUT2D eigenvalue weighted by molar-refractivity contribution is 5.85. The minimum Gasteiger partial charge on any atom is -0.496 e. The third kappa shape index (κ3) is 4.31. The minimum atomic E-state index is 0.590. The van der Waals surface area contributed by atoms with Crippen molar-refractivity contribution in [2.45, 2.75) is 13.1 Å². The van der Waals surface area contributed by atoms with Crippen molar-refractivity contribution in [2.75, 3.05) is 33.3 Å². The van der Waals surface area contributed by atoms with Gasteiger partial charge in [0.25, 0.3) is 5.89 Å². The van der Waals surface area contributed by atoms with Gasteiger partial charge in [0.05, 0.1) is 12.7 Å². The van der Waals surface area contributed by atoms with Gasteiger partial charge in [-0.05, 0) is 22.9 Å². The third-order valence-electron chi connectivity index (χ3n) is 6.20. The Morgan fingerprint density at radius 3 is 2.39 bits per heavy atom. The lowest BCUT2D eigenvalue weighted by Gasteiger charge is -2.29. The number of aromatic nitrogens is 2. The maximum absolute atomic E-state index is 5.55. The zero-order chi connectivity index (χ0) is 21.0. The van der Waals surface area contributed by atoms with E-state index in [9.17, 15) is 0 Å². The van der Waals surface area contributed by atoms with Crippen LogP contribution in [0.5, 0.6) is 5.75 Å². The second-order valence-corrected chi connectivity index (χ2v) is 8.20. The fourth-order valence-corrected chi connectivity index (χ4v) is 4.51.